The quantitative estimate of drug-likeness (QED) is 0.712. The zero-order chi connectivity index (χ0) is 14.3. The van der Waals surface area contributed by atoms with E-state index in [4.69, 9.17) is 4.74 Å². The molecule has 0 aliphatic carbocycles. The number of carbonyl (C=O) groups is 2. The second-order valence-electron chi connectivity index (χ2n) is 5.15. The lowest BCUT2D eigenvalue weighted by Gasteiger charge is -2.27. The highest BCUT2D eigenvalue weighted by atomic mass is 16.6. The normalized spacial score (nSPS) is 18.9. The van der Waals surface area contributed by atoms with Gasteiger partial charge in [-0.05, 0) is 33.6 Å². The number of ketones is 1. The molecular formula is C14H25NO3. The Bertz CT molecular complexity index is 294. The Morgan fingerprint density at radius 1 is 1.33 bits per heavy atom. The van der Waals surface area contributed by atoms with Crippen LogP contribution in [0.25, 0.3) is 0 Å². The van der Waals surface area contributed by atoms with Crippen molar-refractivity contribution in [2.45, 2.75) is 58.6 Å². The van der Waals surface area contributed by atoms with Gasteiger partial charge < -0.3 is 4.74 Å². The first-order chi connectivity index (χ1) is 8.35. The molecule has 1 fully saturated rings. The van der Waals surface area contributed by atoms with Crippen LogP contribution >= 0.6 is 0 Å². The summed E-state index contributed by atoms with van der Waals surface area (Å²) in [4.78, 5) is 25.1. The summed E-state index contributed by atoms with van der Waals surface area (Å²) in [6.07, 6.45) is 1.77. The van der Waals surface area contributed by atoms with Crippen LogP contribution in [0.3, 0.4) is 0 Å². The van der Waals surface area contributed by atoms with Crippen LogP contribution in [0, 0.1) is 0 Å². The summed E-state index contributed by atoms with van der Waals surface area (Å²) >= 11 is 0. The van der Waals surface area contributed by atoms with Crippen molar-refractivity contribution in [1.29, 1.82) is 0 Å². The van der Waals surface area contributed by atoms with Gasteiger partial charge in [0.2, 0.25) is 0 Å². The van der Waals surface area contributed by atoms with Crippen molar-refractivity contribution in [3.63, 3.8) is 0 Å². The fourth-order valence-electron chi connectivity index (χ4n) is 1.88. The van der Waals surface area contributed by atoms with Gasteiger partial charge in [-0.2, -0.15) is 0 Å². The second-order valence-corrected chi connectivity index (χ2v) is 5.15. The van der Waals surface area contributed by atoms with Gasteiger partial charge in [-0.1, -0.05) is 6.92 Å². The Morgan fingerprint density at radius 2 is 1.89 bits per heavy atom. The molecule has 0 radical (unpaired) electrons. The Hall–Kier alpha value is -1.32. The van der Waals surface area contributed by atoms with Crippen molar-refractivity contribution in [3.8, 4) is 0 Å². The van der Waals surface area contributed by atoms with E-state index in [2.05, 4.69) is 13.2 Å². The fourth-order valence-corrected chi connectivity index (χ4v) is 1.88. The van der Waals surface area contributed by atoms with E-state index in [1.54, 1.807) is 4.90 Å². The number of hydrogen-bond acceptors (Lipinski definition) is 3. The highest BCUT2D eigenvalue weighted by Gasteiger charge is 2.35. The van der Waals surface area contributed by atoms with E-state index in [1.165, 1.54) is 0 Å². The van der Waals surface area contributed by atoms with Gasteiger partial charge in [0, 0.05) is 13.0 Å². The van der Waals surface area contributed by atoms with Crippen molar-refractivity contribution < 1.29 is 14.3 Å². The third-order valence-electron chi connectivity index (χ3n) is 2.60. The van der Waals surface area contributed by atoms with Gasteiger partial charge in [0.15, 0.2) is 5.78 Å². The number of hydrogen-bond donors (Lipinski definition) is 0. The first-order valence-corrected chi connectivity index (χ1v) is 6.37. The summed E-state index contributed by atoms with van der Waals surface area (Å²) in [6, 6.07) is -0.264. The largest absolute Gasteiger partial charge is 0.444 e. The molecule has 1 heterocycles. The van der Waals surface area contributed by atoms with E-state index in [1.807, 2.05) is 27.7 Å². The summed E-state index contributed by atoms with van der Waals surface area (Å²) in [5.74, 6) is 0.128. The minimum absolute atomic E-state index is 0.128. The van der Waals surface area contributed by atoms with Gasteiger partial charge >= 0.3 is 6.09 Å². The van der Waals surface area contributed by atoms with E-state index in [0.29, 0.717) is 13.0 Å². The van der Waals surface area contributed by atoms with Gasteiger partial charge in [-0.15, -0.1) is 13.2 Å². The number of nitrogens with zero attached hydrogens (tertiary/aromatic N) is 1. The van der Waals surface area contributed by atoms with Crippen LogP contribution in [0.2, 0.25) is 0 Å². The predicted molar refractivity (Wildman–Crippen MR) is 72.5 cm³/mol. The molecule has 0 aromatic carbocycles. The van der Waals surface area contributed by atoms with Crippen molar-refractivity contribution in [1.82, 2.24) is 4.90 Å². The Morgan fingerprint density at radius 3 is 2.33 bits per heavy atom. The van der Waals surface area contributed by atoms with Gasteiger partial charge in [-0.3, -0.25) is 9.69 Å². The molecule has 1 atom stereocenters. The first-order valence-electron chi connectivity index (χ1n) is 6.37. The molecule has 0 saturated carbocycles. The van der Waals surface area contributed by atoms with Crippen LogP contribution in [0.5, 0.6) is 0 Å². The lowest BCUT2D eigenvalue weighted by molar-refractivity contribution is -0.123. The highest BCUT2D eigenvalue weighted by molar-refractivity contribution is 5.87. The van der Waals surface area contributed by atoms with Gasteiger partial charge in [0.1, 0.15) is 5.60 Å². The lowest BCUT2D eigenvalue weighted by atomic mass is 10.1. The van der Waals surface area contributed by atoms with Crippen LogP contribution < -0.4 is 0 Å². The minimum Gasteiger partial charge on any atom is -0.444 e. The van der Waals surface area contributed by atoms with Crippen molar-refractivity contribution >= 4 is 11.9 Å². The minimum atomic E-state index is -0.501. The Balaban J connectivity index is 0.00000137. The standard InChI is InChI=1S/C12H21NO3.C2H4/c1-5-10(14)9-7-6-8-13(9)11(15)16-12(2,3)4;1-2/h9H,5-8H2,1-4H3;1-2H2/t9-;/m1./s1. The molecule has 4 nitrogen and oxygen atoms in total. The van der Waals surface area contributed by atoms with Gasteiger partial charge in [0.25, 0.3) is 0 Å². The van der Waals surface area contributed by atoms with Crippen LogP contribution in [-0.2, 0) is 9.53 Å². The van der Waals surface area contributed by atoms with Crippen molar-refractivity contribution in [2.24, 2.45) is 0 Å². The molecule has 0 bridgehead atoms. The summed E-state index contributed by atoms with van der Waals surface area (Å²) in [7, 11) is 0. The van der Waals surface area contributed by atoms with Gasteiger partial charge in [0.05, 0.1) is 6.04 Å². The first kappa shape index (κ1) is 16.7. The number of Topliss-reactive ketones (excluding diaryl/α,β-unsaturated/α-hetero) is 1. The number of ether oxygens (including phenoxy) is 1. The van der Waals surface area contributed by atoms with Gasteiger partial charge in [-0.25, -0.2) is 4.79 Å². The van der Waals surface area contributed by atoms with E-state index in [0.717, 1.165) is 12.8 Å². The molecule has 1 amide bonds. The third kappa shape index (κ3) is 4.90. The second kappa shape index (κ2) is 7.19. The monoisotopic (exact) mass is 255 g/mol. The van der Waals surface area contributed by atoms with E-state index < -0.39 is 5.60 Å². The molecule has 1 aliphatic rings. The molecule has 1 rings (SSSR count). The molecule has 0 aromatic heterocycles. The zero-order valence-electron chi connectivity index (χ0n) is 12.0. The molecule has 18 heavy (non-hydrogen) atoms. The molecule has 0 unspecified atom stereocenters. The summed E-state index contributed by atoms with van der Waals surface area (Å²) < 4.78 is 5.28. The average Bonchev–Trinajstić information content (AvgIpc) is 2.77. The molecule has 0 N–H and O–H groups in total. The van der Waals surface area contributed by atoms with E-state index in [-0.39, 0.29) is 17.9 Å². The number of carbonyl (C=O) groups excluding carboxylic acids is 2. The lowest BCUT2D eigenvalue weighted by Crippen LogP contribution is -2.43. The topological polar surface area (TPSA) is 46.6 Å². The Kier molecular flexibility index (Phi) is 6.66. The molecule has 104 valence electrons. The summed E-state index contributed by atoms with van der Waals surface area (Å²) in [5, 5.41) is 0. The smallest absolute Gasteiger partial charge is 0.410 e. The summed E-state index contributed by atoms with van der Waals surface area (Å²) in [5.41, 5.74) is -0.501. The van der Waals surface area contributed by atoms with Crippen LogP contribution in [-0.4, -0.2) is 35.0 Å². The molecule has 0 aromatic rings. The third-order valence-corrected chi connectivity index (χ3v) is 2.60. The van der Waals surface area contributed by atoms with Crippen LogP contribution in [0.1, 0.15) is 47.0 Å². The Labute approximate surface area is 110 Å². The van der Waals surface area contributed by atoms with Crippen LogP contribution in [0.4, 0.5) is 4.79 Å². The molecular weight excluding hydrogens is 230 g/mol. The number of likely N-dealkylation sites (tertiary alicyclic amines) is 1. The maximum atomic E-state index is 11.8. The molecule has 1 saturated heterocycles. The zero-order valence-corrected chi connectivity index (χ0v) is 12.0. The number of rotatable bonds is 2. The van der Waals surface area contributed by atoms with Crippen molar-refractivity contribution in [2.75, 3.05) is 6.54 Å². The van der Waals surface area contributed by atoms with Crippen LogP contribution in [0.15, 0.2) is 13.2 Å². The van der Waals surface area contributed by atoms with Crippen molar-refractivity contribution in [3.05, 3.63) is 13.2 Å². The molecule has 0 spiro atoms. The predicted octanol–water partition coefficient (Wildman–Crippen LogP) is 3.17. The summed E-state index contributed by atoms with van der Waals surface area (Å²) in [6.45, 7) is 14.0. The number of amides is 1. The SMILES string of the molecule is C=C.CCC(=O)[C@H]1CCCN1C(=O)OC(C)(C)C. The maximum absolute atomic E-state index is 11.8. The molecule has 4 heteroatoms. The highest BCUT2D eigenvalue weighted by Crippen LogP contribution is 2.22. The molecule has 1 aliphatic heterocycles. The average molecular weight is 255 g/mol. The maximum Gasteiger partial charge on any atom is 0.410 e. The van der Waals surface area contributed by atoms with E-state index in [9.17, 15) is 9.59 Å². The van der Waals surface area contributed by atoms with E-state index >= 15 is 0 Å². The fraction of sp³-hybridized carbons (Fsp3) is 0.714.